The molecule has 1 fully saturated rings. The van der Waals surface area contributed by atoms with Gasteiger partial charge in [-0.1, -0.05) is 12.2 Å². The number of hydrogen-bond donors (Lipinski definition) is 1. The molecule has 1 aromatic rings. The molecule has 0 spiro atoms. The number of rotatable bonds is 5. The van der Waals surface area contributed by atoms with E-state index < -0.39 is 0 Å². The SMILES string of the molecule is NC(=S)CCN(C(=O)c1ccc2c(c1)CCO2)C1CC1. The fourth-order valence-electron chi connectivity index (χ4n) is 2.55. The molecule has 2 aliphatic rings. The number of carbonyl (C=O) groups is 1. The fourth-order valence-corrected chi connectivity index (χ4v) is 2.64. The fraction of sp³-hybridized carbons (Fsp3) is 0.467. The summed E-state index contributed by atoms with van der Waals surface area (Å²) in [4.78, 5) is 15.0. The van der Waals surface area contributed by atoms with Crippen molar-refractivity contribution in [3.63, 3.8) is 0 Å². The van der Waals surface area contributed by atoms with Crippen molar-refractivity contribution in [3.05, 3.63) is 29.3 Å². The lowest BCUT2D eigenvalue weighted by molar-refractivity contribution is 0.0748. The Hall–Kier alpha value is -1.62. The largest absolute Gasteiger partial charge is 0.493 e. The molecule has 1 aliphatic heterocycles. The van der Waals surface area contributed by atoms with Gasteiger partial charge in [-0.15, -0.1) is 0 Å². The number of nitrogens with zero attached hydrogens (tertiary/aromatic N) is 1. The molecule has 1 amide bonds. The lowest BCUT2D eigenvalue weighted by Crippen LogP contribution is -2.35. The highest BCUT2D eigenvalue weighted by atomic mass is 32.1. The summed E-state index contributed by atoms with van der Waals surface area (Å²) in [7, 11) is 0. The zero-order valence-electron chi connectivity index (χ0n) is 11.3. The number of hydrogen-bond acceptors (Lipinski definition) is 3. The number of benzene rings is 1. The molecule has 0 saturated heterocycles. The van der Waals surface area contributed by atoms with Crippen molar-refractivity contribution in [3.8, 4) is 5.75 Å². The van der Waals surface area contributed by atoms with Crippen LogP contribution >= 0.6 is 12.2 Å². The summed E-state index contributed by atoms with van der Waals surface area (Å²) in [6.45, 7) is 1.33. The van der Waals surface area contributed by atoms with Gasteiger partial charge >= 0.3 is 0 Å². The molecule has 2 N–H and O–H groups in total. The minimum Gasteiger partial charge on any atom is -0.493 e. The van der Waals surface area contributed by atoms with Crippen LogP contribution in [0.15, 0.2) is 18.2 Å². The Morgan fingerprint density at radius 2 is 2.25 bits per heavy atom. The maximum atomic E-state index is 12.6. The summed E-state index contributed by atoms with van der Waals surface area (Å²) < 4.78 is 5.47. The van der Waals surface area contributed by atoms with Crippen LogP contribution in [0.5, 0.6) is 5.75 Å². The molecule has 106 valence electrons. The topological polar surface area (TPSA) is 55.6 Å². The first kappa shape index (κ1) is 13.4. The summed E-state index contributed by atoms with van der Waals surface area (Å²) in [5.41, 5.74) is 7.42. The van der Waals surface area contributed by atoms with E-state index in [-0.39, 0.29) is 5.91 Å². The molecule has 1 aromatic carbocycles. The van der Waals surface area contributed by atoms with Gasteiger partial charge in [-0.2, -0.15) is 0 Å². The maximum Gasteiger partial charge on any atom is 0.254 e. The van der Waals surface area contributed by atoms with Gasteiger partial charge in [0, 0.05) is 31.0 Å². The van der Waals surface area contributed by atoms with Gasteiger partial charge in [-0.3, -0.25) is 4.79 Å². The minimum absolute atomic E-state index is 0.0819. The van der Waals surface area contributed by atoms with Crippen LogP contribution in [-0.4, -0.2) is 35.0 Å². The second-order valence-electron chi connectivity index (χ2n) is 5.37. The first-order valence-corrected chi connectivity index (χ1v) is 7.41. The van der Waals surface area contributed by atoms with Gasteiger partial charge in [0.1, 0.15) is 5.75 Å². The van der Waals surface area contributed by atoms with Crippen LogP contribution in [-0.2, 0) is 6.42 Å². The van der Waals surface area contributed by atoms with Gasteiger partial charge in [0.05, 0.1) is 11.6 Å². The average molecular weight is 290 g/mol. The van der Waals surface area contributed by atoms with Crippen molar-refractivity contribution in [1.29, 1.82) is 0 Å². The van der Waals surface area contributed by atoms with Gasteiger partial charge in [0.15, 0.2) is 0 Å². The molecular weight excluding hydrogens is 272 g/mol. The van der Waals surface area contributed by atoms with Crippen LogP contribution in [0.1, 0.15) is 35.2 Å². The highest BCUT2D eigenvalue weighted by Crippen LogP contribution is 2.30. The molecule has 1 saturated carbocycles. The number of fused-ring (bicyclic) bond motifs is 1. The number of nitrogens with two attached hydrogens (primary N) is 1. The highest BCUT2D eigenvalue weighted by molar-refractivity contribution is 7.80. The molecule has 1 heterocycles. The Morgan fingerprint density at radius 1 is 1.45 bits per heavy atom. The Morgan fingerprint density at radius 3 is 2.95 bits per heavy atom. The van der Waals surface area contributed by atoms with E-state index >= 15 is 0 Å². The van der Waals surface area contributed by atoms with E-state index in [1.807, 2.05) is 23.1 Å². The van der Waals surface area contributed by atoms with Crippen molar-refractivity contribution >= 4 is 23.1 Å². The van der Waals surface area contributed by atoms with E-state index in [0.29, 0.717) is 30.6 Å². The van der Waals surface area contributed by atoms with E-state index in [1.54, 1.807) is 0 Å². The van der Waals surface area contributed by atoms with Crippen LogP contribution in [0.25, 0.3) is 0 Å². The second-order valence-corrected chi connectivity index (χ2v) is 5.89. The molecule has 5 heteroatoms. The number of ether oxygens (including phenoxy) is 1. The summed E-state index contributed by atoms with van der Waals surface area (Å²) >= 11 is 4.91. The predicted octanol–water partition coefficient (Wildman–Crippen LogP) is 1.90. The third kappa shape index (κ3) is 2.77. The Balaban J connectivity index is 1.76. The van der Waals surface area contributed by atoms with Crippen LogP contribution in [0.2, 0.25) is 0 Å². The number of amides is 1. The van der Waals surface area contributed by atoms with Crippen LogP contribution < -0.4 is 10.5 Å². The Bertz CT molecular complexity index is 555. The van der Waals surface area contributed by atoms with Crippen molar-refractivity contribution in [2.24, 2.45) is 5.73 Å². The van der Waals surface area contributed by atoms with E-state index in [0.717, 1.165) is 36.1 Å². The molecule has 1 aliphatic carbocycles. The van der Waals surface area contributed by atoms with E-state index in [4.69, 9.17) is 22.7 Å². The van der Waals surface area contributed by atoms with E-state index in [1.165, 1.54) is 0 Å². The molecule has 0 bridgehead atoms. The zero-order valence-corrected chi connectivity index (χ0v) is 12.1. The molecule has 0 aromatic heterocycles. The quantitative estimate of drug-likeness (QED) is 0.842. The Labute approximate surface area is 123 Å². The van der Waals surface area contributed by atoms with Gasteiger partial charge in [-0.25, -0.2) is 0 Å². The molecule has 3 rings (SSSR count). The standard InChI is InChI=1S/C15H18N2O2S/c16-14(20)5-7-17(12-2-3-12)15(18)11-1-4-13-10(9-11)6-8-19-13/h1,4,9,12H,2-3,5-8H2,(H2,16,20). The molecule has 0 radical (unpaired) electrons. The van der Waals surface area contributed by atoms with Crippen molar-refractivity contribution in [2.75, 3.05) is 13.2 Å². The van der Waals surface area contributed by atoms with Crippen LogP contribution in [0.3, 0.4) is 0 Å². The van der Waals surface area contributed by atoms with Crippen LogP contribution in [0, 0.1) is 0 Å². The van der Waals surface area contributed by atoms with Gasteiger partial charge in [-0.05, 0) is 36.6 Å². The molecule has 0 unspecified atom stereocenters. The summed E-state index contributed by atoms with van der Waals surface area (Å²) in [6, 6.07) is 6.07. The lowest BCUT2D eigenvalue weighted by atomic mass is 10.1. The molecule has 0 atom stereocenters. The monoisotopic (exact) mass is 290 g/mol. The van der Waals surface area contributed by atoms with Gasteiger partial charge in [0.2, 0.25) is 0 Å². The molecule has 4 nitrogen and oxygen atoms in total. The van der Waals surface area contributed by atoms with E-state index in [2.05, 4.69) is 0 Å². The predicted molar refractivity (Wildman–Crippen MR) is 81.1 cm³/mol. The van der Waals surface area contributed by atoms with Crippen molar-refractivity contribution in [1.82, 2.24) is 4.90 Å². The second kappa shape index (κ2) is 5.40. The van der Waals surface area contributed by atoms with Crippen molar-refractivity contribution in [2.45, 2.75) is 31.7 Å². The first-order chi connectivity index (χ1) is 9.65. The van der Waals surface area contributed by atoms with Crippen LogP contribution in [0.4, 0.5) is 0 Å². The smallest absolute Gasteiger partial charge is 0.254 e. The number of carbonyl (C=O) groups excluding carboxylic acids is 1. The molecule has 20 heavy (non-hydrogen) atoms. The Kier molecular flexibility index (Phi) is 3.61. The lowest BCUT2D eigenvalue weighted by Gasteiger charge is -2.22. The summed E-state index contributed by atoms with van der Waals surface area (Å²) in [5, 5.41) is 0. The third-order valence-electron chi connectivity index (χ3n) is 3.78. The third-order valence-corrected chi connectivity index (χ3v) is 3.99. The van der Waals surface area contributed by atoms with Crippen molar-refractivity contribution < 1.29 is 9.53 Å². The average Bonchev–Trinajstić information content (AvgIpc) is 3.15. The van der Waals surface area contributed by atoms with Gasteiger partial charge < -0.3 is 15.4 Å². The molecular formula is C15H18N2O2S. The first-order valence-electron chi connectivity index (χ1n) is 7.00. The zero-order chi connectivity index (χ0) is 14.1. The normalized spacial score (nSPS) is 16.4. The van der Waals surface area contributed by atoms with Gasteiger partial charge in [0.25, 0.3) is 5.91 Å². The summed E-state index contributed by atoms with van der Waals surface area (Å²) in [6.07, 6.45) is 3.63. The maximum absolute atomic E-state index is 12.6. The summed E-state index contributed by atoms with van der Waals surface area (Å²) in [5.74, 6) is 0.987. The minimum atomic E-state index is 0.0819. The number of thiocarbonyl (C=S) groups is 1. The van der Waals surface area contributed by atoms with E-state index in [9.17, 15) is 4.79 Å². The highest BCUT2D eigenvalue weighted by Gasteiger charge is 2.33.